The maximum atomic E-state index is 5.87. The summed E-state index contributed by atoms with van der Waals surface area (Å²) in [4.78, 5) is 2.43. The van der Waals surface area contributed by atoms with Crippen LogP contribution in [0.5, 0.6) is 0 Å². The molecule has 1 saturated carbocycles. The van der Waals surface area contributed by atoms with E-state index in [4.69, 9.17) is 5.73 Å². The van der Waals surface area contributed by atoms with Gasteiger partial charge >= 0.3 is 0 Å². The number of para-hydroxylation sites is 1. The zero-order valence-corrected chi connectivity index (χ0v) is 9.95. The van der Waals surface area contributed by atoms with Gasteiger partial charge in [-0.25, -0.2) is 0 Å². The van der Waals surface area contributed by atoms with Crippen LogP contribution in [0, 0.1) is 0 Å². The molecule has 3 nitrogen and oxygen atoms in total. The summed E-state index contributed by atoms with van der Waals surface area (Å²) in [5.41, 5.74) is 7.94. The number of likely N-dealkylation sites (N-methyl/N-ethyl adjacent to an activating group) is 1. The minimum Gasteiger partial charge on any atom is -0.398 e. The van der Waals surface area contributed by atoms with Crippen molar-refractivity contribution in [1.82, 2.24) is 10.2 Å². The van der Waals surface area contributed by atoms with Crippen LogP contribution in [0.15, 0.2) is 24.3 Å². The molecule has 1 aromatic rings. The van der Waals surface area contributed by atoms with Crippen molar-refractivity contribution in [1.29, 1.82) is 0 Å². The molecular weight excluding hydrogens is 198 g/mol. The first-order chi connectivity index (χ1) is 7.77. The van der Waals surface area contributed by atoms with E-state index in [1.54, 1.807) is 0 Å². The van der Waals surface area contributed by atoms with Gasteiger partial charge in [0.2, 0.25) is 0 Å². The topological polar surface area (TPSA) is 41.3 Å². The van der Waals surface area contributed by atoms with Crippen LogP contribution in [0.4, 0.5) is 5.69 Å². The van der Waals surface area contributed by atoms with E-state index in [9.17, 15) is 0 Å². The van der Waals surface area contributed by atoms with Gasteiger partial charge in [0.05, 0.1) is 0 Å². The van der Waals surface area contributed by atoms with Crippen molar-refractivity contribution in [2.75, 3.05) is 25.9 Å². The monoisotopic (exact) mass is 219 g/mol. The maximum Gasteiger partial charge on any atom is 0.0359 e. The van der Waals surface area contributed by atoms with Crippen molar-refractivity contribution in [3.05, 3.63) is 29.8 Å². The van der Waals surface area contributed by atoms with Crippen molar-refractivity contribution >= 4 is 5.69 Å². The first-order valence-electron chi connectivity index (χ1n) is 6.01. The quantitative estimate of drug-likeness (QED) is 0.562. The van der Waals surface area contributed by atoms with E-state index in [-0.39, 0.29) is 0 Å². The summed E-state index contributed by atoms with van der Waals surface area (Å²) >= 11 is 0. The Kier molecular flexibility index (Phi) is 3.80. The largest absolute Gasteiger partial charge is 0.398 e. The van der Waals surface area contributed by atoms with Crippen LogP contribution in [0.25, 0.3) is 0 Å². The number of nitrogen functional groups attached to an aromatic ring is 1. The molecule has 3 N–H and O–H groups in total. The molecule has 0 aliphatic heterocycles. The molecule has 0 atom stereocenters. The lowest BCUT2D eigenvalue weighted by Crippen LogP contribution is -2.30. The number of nitrogens with two attached hydrogens (primary N) is 1. The molecule has 2 rings (SSSR count). The minimum atomic E-state index is 0.851. The summed E-state index contributed by atoms with van der Waals surface area (Å²) in [5, 5.41) is 3.43. The zero-order valence-electron chi connectivity index (χ0n) is 9.95. The molecule has 3 heteroatoms. The summed E-state index contributed by atoms with van der Waals surface area (Å²) in [6.07, 6.45) is 2.75. The number of anilines is 1. The summed E-state index contributed by atoms with van der Waals surface area (Å²) < 4.78 is 0. The van der Waals surface area contributed by atoms with Crippen molar-refractivity contribution in [3.8, 4) is 0 Å². The lowest BCUT2D eigenvalue weighted by molar-refractivity contribution is 0.321. The molecule has 0 amide bonds. The van der Waals surface area contributed by atoms with E-state index in [1.807, 2.05) is 18.2 Å². The normalized spacial score (nSPS) is 15.6. The Hall–Kier alpha value is -1.06. The Balaban J connectivity index is 1.66. The van der Waals surface area contributed by atoms with E-state index < -0.39 is 0 Å². The smallest absolute Gasteiger partial charge is 0.0359 e. The fourth-order valence-electron chi connectivity index (χ4n) is 1.87. The number of nitrogens with one attached hydrogen (secondary N) is 1. The van der Waals surface area contributed by atoms with E-state index in [2.05, 4.69) is 23.3 Å². The van der Waals surface area contributed by atoms with Crippen LogP contribution in [0.1, 0.15) is 18.4 Å². The standard InChI is InChI=1S/C13H21N3/c1-16(12-6-7-12)9-8-15-10-11-4-2-3-5-13(11)14/h2-5,12,15H,6-10,14H2,1H3. The van der Waals surface area contributed by atoms with E-state index in [0.29, 0.717) is 0 Å². The van der Waals surface area contributed by atoms with Crippen LogP contribution in [0.2, 0.25) is 0 Å². The van der Waals surface area contributed by atoms with Crippen molar-refractivity contribution in [2.24, 2.45) is 0 Å². The third-order valence-corrected chi connectivity index (χ3v) is 3.18. The van der Waals surface area contributed by atoms with Crippen LogP contribution in [-0.4, -0.2) is 31.1 Å². The second-order valence-electron chi connectivity index (χ2n) is 4.59. The highest BCUT2D eigenvalue weighted by Crippen LogP contribution is 2.24. The van der Waals surface area contributed by atoms with Crippen molar-refractivity contribution in [2.45, 2.75) is 25.4 Å². The van der Waals surface area contributed by atoms with E-state index in [1.165, 1.54) is 18.4 Å². The number of hydrogen-bond donors (Lipinski definition) is 2. The highest BCUT2D eigenvalue weighted by Gasteiger charge is 2.25. The first-order valence-corrected chi connectivity index (χ1v) is 6.01. The van der Waals surface area contributed by atoms with Gasteiger partial charge in [-0.15, -0.1) is 0 Å². The van der Waals surface area contributed by atoms with Crippen LogP contribution < -0.4 is 11.1 Å². The lowest BCUT2D eigenvalue weighted by Gasteiger charge is -2.16. The van der Waals surface area contributed by atoms with Gasteiger partial charge < -0.3 is 16.0 Å². The molecule has 1 aliphatic carbocycles. The SMILES string of the molecule is CN(CCNCc1ccccc1N)C1CC1. The lowest BCUT2D eigenvalue weighted by atomic mass is 10.2. The van der Waals surface area contributed by atoms with Crippen molar-refractivity contribution < 1.29 is 0 Å². The van der Waals surface area contributed by atoms with Gasteiger partial charge in [-0.05, 0) is 31.5 Å². The number of rotatable bonds is 6. The number of hydrogen-bond acceptors (Lipinski definition) is 3. The zero-order chi connectivity index (χ0) is 11.4. The van der Waals surface area contributed by atoms with Gasteiger partial charge in [0.1, 0.15) is 0 Å². The Bertz CT molecular complexity index is 334. The molecule has 0 bridgehead atoms. The molecule has 1 aromatic carbocycles. The summed E-state index contributed by atoms with van der Waals surface area (Å²) in [5.74, 6) is 0. The number of benzene rings is 1. The molecule has 0 radical (unpaired) electrons. The fourth-order valence-corrected chi connectivity index (χ4v) is 1.87. The third kappa shape index (κ3) is 3.22. The summed E-state index contributed by atoms with van der Waals surface area (Å²) in [6, 6.07) is 8.88. The molecule has 88 valence electrons. The first kappa shape index (κ1) is 11.4. The molecule has 0 heterocycles. The molecule has 1 aliphatic rings. The maximum absolute atomic E-state index is 5.87. The van der Waals surface area contributed by atoms with Gasteiger partial charge in [-0.3, -0.25) is 0 Å². The Morgan fingerprint density at radius 3 is 2.81 bits per heavy atom. The Labute approximate surface area is 97.6 Å². The number of nitrogens with zero attached hydrogens (tertiary/aromatic N) is 1. The van der Waals surface area contributed by atoms with Gasteiger partial charge in [-0.1, -0.05) is 18.2 Å². The highest BCUT2D eigenvalue weighted by atomic mass is 15.2. The van der Waals surface area contributed by atoms with Crippen molar-refractivity contribution in [3.63, 3.8) is 0 Å². The predicted molar refractivity (Wildman–Crippen MR) is 68.2 cm³/mol. The second-order valence-corrected chi connectivity index (χ2v) is 4.59. The minimum absolute atomic E-state index is 0.851. The average Bonchev–Trinajstić information content (AvgIpc) is 3.10. The molecule has 0 saturated heterocycles. The predicted octanol–water partition coefficient (Wildman–Crippen LogP) is 1.45. The Morgan fingerprint density at radius 2 is 2.12 bits per heavy atom. The molecule has 0 aromatic heterocycles. The highest BCUT2D eigenvalue weighted by molar-refractivity contribution is 5.46. The molecular formula is C13H21N3. The fraction of sp³-hybridized carbons (Fsp3) is 0.538. The third-order valence-electron chi connectivity index (χ3n) is 3.18. The van der Waals surface area contributed by atoms with E-state index >= 15 is 0 Å². The van der Waals surface area contributed by atoms with E-state index in [0.717, 1.165) is 31.4 Å². The van der Waals surface area contributed by atoms with Gasteiger partial charge in [-0.2, -0.15) is 0 Å². The van der Waals surface area contributed by atoms with Crippen LogP contribution >= 0.6 is 0 Å². The molecule has 0 unspecified atom stereocenters. The van der Waals surface area contributed by atoms with Gasteiger partial charge in [0.25, 0.3) is 0 Å². The average molecular weight is 219 g/mol. The molecule has 1 fully saturated rings. The summed E-state index contributed by atoms with van der Waals surface area (Å²) in [6.45, 7) is 3.02. The van der Waals surface area contributed by atoms with Crippen LogP contribution in [0.3, 0.4) is 0 Å². The summed E-state index contributed by atoms with van der Waals surface area (Å²) in [7, 11) is 2.20. The second kappa shape index (κ2) is 5.32. The molecule has 16 heavy (non-hydrogen) atoms. The van der Waals surface area contributed by atoms with Gasteiger partial charge in [0, 0.05) is 31.4 Å². The Morgan fingerprint density at radius 1 is 1.38 bits per heavy atom. The van der Waals surface area contributed by atoms with Gasteiger partial charge in [0.15, 0.2) is 0 Å². The molecule has 0 spiro atoms. The van der Waals surface area contributed by atoms with Crippen LogP contribution in [-0.2, 0) is 6.54 Å².